The largest absolute Gasteiger partial charge is 0.309 e. The molecule has 3 heterocycles. The highest BCUT2D eigenvalue weighted by Crippen LogP contribution is 2.45. The summed E-state index contributed by atoms with van der Waals surface area (Å²) in [4.78, 5) is 7.48. The quantitative estimate of drug-likeness (QED) is 0.168. The molecule has 0 saturated heterocycles. The predicted octanol–water partition coefficient (Wildman–Crippen LogP) is 15.7. The Morgan fingerprint density at radius 2 is 1.12 bits per heavy atom. The molecule has 0 fully saturated rings. The minimum absolute atomic E-state index is 0.944. The van der Waals surface area contributed by atoms with Gasteiger partial charge in [-0.15, -0.1) is 11.3 Å². The van der Waals surface area contributed by atoms with Crippen molar-refractivity contribution < 1.29 is 0 Å². The van der Waals surface area contributed by atoms with Crippen molar-refractivity contribution in [2.24, 2.45) is 0 Å². The smallest absolute Gasteiger partial charge is 0.0703 e. The van der Waals surface area contributed by atoms with E-state index in [0.29, 0.717) is 0 Å². The molecule has 0 aliphatic rings. The lowest BCUT2D eigenvalue weighted by Crippen LogP contribution is -2.10. The molecule has 0 aliphatic heterocycles. The summed E-state index contributed by atoms with van der Waals surface area (Å²) in [6.45, 7) is 0. The van der Waals surface area contributed by atoms with Crippen LogP contribution in [0.5, 0.6) is 0 Å². The van der Waals surface area contributed by atoms with Gasteiger partial charge in [0, 0.05) is 58.7 Å². The Morgan fingerprint density at radius 1 is 0.441 bits per heavy atom. The fraction of sp³-hybridized carbons (Fsp3) is 0. The summed E-state index contributed by atoms with van der Waals surface area (Å²) in [6, 6.07) is 74.5. The summed E-state index contributed by atoms with van der Waals surface area (Å²) in [7, 11) is 0. The molecule has 276 valence electrons. The van der Waals surface area contributed by atoms with Crippen molar-refractivity contribution in [2.45, 2.75) is 0 Å². The Morgan fingerprint density at radius 3 is 1.93 bits per heavy atom. The summed E-state index contributed by atoms with van der Waals surface area (Å²) in [6.07, 6.45) is 2.02. The van der Waals surface area contributed by atoms with Crippen LogP contribution in [0.3, 0.4) is 0 Å². The third kappa shape index (κ3) is 5.45. The first-order valence-electron chi connectivity index (χ1n) is 20.0. The Hall–Kier alpha value is -7.53. The van der Waals surface area contributed by atoms with E-state index >= 15 is 0 Å². The van der Waals surface area contributed by atoms with Gasteiger partial charge >= 0.3 is 0 Å². The summed E-state index contributed by atoms with van der Waals surface area (Å²) in [5.41, 5.74) is 11.3. The summed E-state index contributed by atoms with van der Waals surface area (Å²) in [5, 5.41) is 10.0. The molecule has 0 saturated carbocycles. The molecule has 3 aromatic heterocycles. The molecule has 0 atom stereocenters. The Labute approximate surface area is 345 Å². The topological polar surface area (TPSA) is 21.1 Å². The third-order valence-electron chi connectivity index (χ3n) is 11.8. The van der Waals surface area contributed by atoms with Gasteiger partial charge in [-0.05, 0) is 82.6 Å². The number of hydrogen-bond donors (Lipinski definition) is 0. The summed E-state index contributed by atoms with van der Waals surface area (Å²) >= 11 is 1.89. The van der Waals surface area contributed by atoms with Crippen LogP contribution in [-0.2, 0) is 0 Å². The minimum Gasteiger partial charge on any atom is -0.309 e. The molecule has 4 heteroatoms. The lowest BCUT2D eigenvalue weighted by Gasteiger charge is -2.27. The van der Waals surface area contributed by atoms with Gasteiger partial charge < -0.3 is 9.47 Å². The van der Waals surface area contributed by atoms with Crippen molar-refractivity contribution in [3.8, 4) is 28.1 Å². The molecule has 12 rings (SSSR count). The van der Waals surface area contributed by atoms with Crippen LogP contribution < -0.4 is 4.90 Å². The van der Waals surface area contributed by atoms with Crippen molar-refractivity contribution in [1.82, 2.24) is 9.55 Å². The molecule has 0 spiro atoms. The van der Waals surface area contributed by atoms with Crippen molar-refractivity contribution in [2.75, 3.05) is 4.90 Å². The fourth-order valence-corrected chi connectivity index (χ4v) is 10.3. The Kier molecular flexibility index (Phi) is 7.72. The van der Waals surface area contributed by atoms with Crippen molar-refractivity contribution in [3.05, 3.63) is 212 Å². The van der Waals surface area contributed by atoms with Gasteiger partial charge in [0.25, 0.3) is 0 Å². The fourth-order valence-electron chi connectivity index (χ4n) is 9.05. The molecule has 0 radical (unpaired) electrons. The highest BCUT2D eigenvalue weighted by atomic mass is 32.1. The van der Waals surface area contributed by atoms with Gasteiger partial charge in [0.1, 0.15) is 0 Å². The molecular weight excluding hydrogens is 735 g/mol. The number of thiophene rings is 1. The number of para-hydroxylation sites is 2. The van der Waals surface area contributed by atoms with Crippen LogP contribution in [0.25, 0.3) is 91.6 Å². The van der Waals surface area contributed by atoms with Crippen LogP contribution in [-0.4, -0.2) is 9.55 Å². The first-order valence-corrected chi connectivity index (χ1v) is 20.8. The number of rotatable bonds is 6. The van der Waals surface area contributed by atoms with Crippen LogP contribution in [0.4, 0.5) is 17.1 Å². The standard InChI is InChI=1S/C55H35N3S/c1-3-12-36(13-4-1)37-22-27-42(28-23-37)57(50-21-11-15-38-14-7-8-18-44(38)50)43-29-32-49(56-35-43)40-26-33-52-48(34-40)47-31-25-39-24-30-46-45-19-9-10-20-51(45)58(41-16-5-2-6-17-41)54(46)53(39)55(47)59-52/h1-35H. The van der Waals surface area contributed by atoms with Crippen molar-refractivity contribution in [1.29, 1.82) is 0 Å². The monoisotopic (exact) mass is 769 g/mol. The zero-order valence-electron chi connectivity index (χ0n) is 32.0. The van der Waals surface area contributed by atoms with Gasteiger partial charge in [0.2, 0.25) is 0 Å². The third-order valence-corrected chi connectivity index (χ3v) is 13.0. The second-order valence-corrected chi connectivity index (χ2v) is 16.2. The lowest BCUT2D eigenvalue weighted by atomic mass is 10.0. The molecule has 3 nitrogen and oxygen atoms in total. The van der Waals surface area contributed by atoms with E-state index in [2.05, 4.69) is 216 Å². The number of hydrogen-bond acceptors (Lipinski definition) is 3. The van der Waals surface area contributed by atoms with E-state index in [-0.39, 0.29) is 0 Å². The van der Waals surface area contributed by atoms with E-state index < -0.39 is 0 Å². The maximum Gasteiger partial charge on any atom is 0.0703 e. The SMILES string of the molecule is c1ccc(-c2ccc(N(c3ccc(-c4ccc5sc6c(ccc7ccc8c9ccccc9n(-c9ccccc9)c8c76)c5c4)nc3)c3cccc4ccccc34)cc2)cc1. The van der Waals surface area contributed by atoms with E-state index in [9.17, 15) is 0 Å². The second kappa shape index (κ2) is 13.6. The maximum absolute atomic E-state index is 5.16. The minimum atomic E-state index is 0.944. The number of pyridine rings is 1. The van der Waals surface area contributed by atoms with Gasteiger partial charge in [0.05, 0.1) is 34.3 Å². The number of benzene rings is 9. The van der Waals surface area contributed by atoms with Crippen LogP contribution >= 0.6 is 11.3 Å². The predicted molar refractivity (Wildman–Crippen MR) is 252 cm³/mol. The molecule has 12 aromatic rings. The van der Waals surface area contributed by atoms with Crippen LogP contribution in [0.1, 0.15) is 0 Å². The average Bonchev–Trinajstić information content (AvgIpc) is 3.86. The molecule has 9 aromatic carbocycles. The van der Waals surface area contributed by atoms with Crippen molar-refractivity contribution in [3.63, 3.8) is 0 Å². The lowest BCUT2D eigenvalue weighted by molar-refractivity contribution is 1.19. The van der Waals surface area contributed by atoms with E-state index in [1.54, 1.807) is 0 Å². The maximum atomic E-state index is 5.16. The number of aromatic nitrogens is 2. The first-order chi connectivity index (χ1) is 29.3. The molecule has 59 heavy (non-hydrogen) atoms. The van der Waals surface area contributed by atoms with E-state index in [0.717, 1.165) is 28.3 Å². The second-order valence-electron chi connectivity index (χ2n) is 15.2. The van der Waals surface area contributed by atoms with Gasteiger partial charge in [-0.3, -0.25) is 4.98 Å². The molecular formula is C55H35N3S. The van der Waals surface area contributed by atoms with Crippen molar-refractivity contribution >= 4 is 91.9 Å². The van der Waals surface area contributed by atoms with E-state index in [1.165, 1.54) is 80.3 Å². The summed E-state index contributed by atoms with van der Waals surface area (Å²) < 4.78 is 5.04. The normalized spacial score (nSPS) is 11.7. The molecule has 0 amide bonds. The number of nitrogens with zero attached hydrogens (tertiary/aromatic N) is 3. The zero-order chi connectivity index (χ0) is 38.9. The van der Waals surface area contributed by atoms with Crippen LogP contribution in [0.15, 0.2) is 212 Å². The number of fused-ring (bicyclic) bond motifs is 10. The molecule has 0 unspecified atom stereocenters. The molecule has 0 aliphatic carbocycles. The van der Waals surface area contributed by atoms with Gasteiger partial charge in [-0.1, -0.05) is 146 Å². The van der Waals surface area contributed by atoms with Crippen LogP contribution in [0.2, 0.25) is 0 Å². The highest BCUT2D eigenvalue weighted by Gasteiger charge is 2.20. The number of anilines is 3. The zero-order valence-corrected chi connectivity index (χ0v) is 32.8. The van der Waals surface area contributed by atoms with Gasteiger partial charge in [-0.2, -0.15) is 0 Å². The summed E-state index contributed by atoms with van der Waals surface area (Å²) in [5.74, 6) is 0. The van der Waals surface area contributed by atoms with E-state index in [4.69, 9.17) is 4.98 Å². The van der Waals surface area contributed by atoms with E-state index in [1.807, 2.05) is 17.5 Å². The Bertz CT molecular complexity index is 3530. The average molecular weight is 770 g/mol. The van der Waals surface area contributed by atoms with Gasteiger partial charge in [0.15, 0.2) is 0 Å². The van der Waals surface area contributed by atoms with Crippen LogP contribution in [0, 0.1) is 0 Å². The van der Waals surface area contributed by atoms with Gasteiger partial charge in [-0.25, -0.2) is 0 Å². The molecule has 0 bridgehead atoms. The Balaban J connectivity index is 0.984. The first kappa shape index (κ1) is 33.6. The highest BCUT2D eigenvalue weighted by molar-refractivity contribution is 7.26. The molecule has 0 N–H and O–H groups in total.